The van der Waals surface area contributed by atoms with Crippen LogP contribution in [0.3, 0.4) is 0 Å². The van der Waals surface area contributed by atoms with Crippen LogP contribution in [-0.2, 0) is 16.0 Å². The van der Waals surface area contributed by atoms with E-state index in [1.54, 1.807) is 12.1 Å². The molecule has 0 saturated carbocycles. The molecule has 1 saturated heterocycles. The number of benzene rings is 2. The molecule has 1 aliphatic rings. The summed E-state index contributed by atoms with van der Waals surface area (Å²) in [5.74, 6) is 0.400. The third-order valence-electron chi connectivity index (χ3n) is 4.32. The summed E-state index contributed by atoms with van der Waals surface area (Å²) >= 11 is 6.28. The highest BCUT2D eigenvalue weighted by Crippen LogP contribution is 2.35. The maximum Gasteiger partial charge on any atom is 0.263 e. The van der Waals surface area contributed by atoms with Gasteiger partial charge < -0.3 is 15.0 Å². The van der Waals surface area contributed by atoms with Crippen LogP contribution in [-0.4, -0.2) is 30.2 Å². The molecule has 2 aromatic carbocycles. The summed E-state index contributed by atoms with van der Waals surface area (Å²) in [4.78, 5) is 25.2. The topological polar surface area (TPSA) is 58.6 Å². The van der Waals surface area contributed by atoms with Gasteiger partial charge in [-0.1, -0.05) is 49.1 Å². The predicted octanol–water partition coefficient (Wildman–Crippen LogP) is 4.08. The van der Waals surface area contributed by atoms with Crippen LogP contribution in [0.1, 0.15) is 18.1 Å². The Morgan fingerprint density at radius 2 is 1.96 bits per heavy atom. The lowest BCUT2D eigenvalue weighted by Gasteiger charge is -2.23. The van der Waals surface area contributed by atoms with Crippen molar-refractivity contribution in [3.8, 4) is 5.75 Å². The zero-order valence-electron chi connectivity index (χ0n) is 15.6. The lowest BCUT2D eigenvalue weighted by Crippen LogP contribution is -2.17. The number of rotatable bonds is 7. The first kappa shape index (κ1) is 20.1. The molecule has 1 heterocycles. The Balaban J connectivity index is 1.97. The van der Waals surface area contributed by atoms with Gasteiger partial charge in [0.1, 0.15) is 16.7 Å². The fourth-order valence-corrected chi connectivity index (χ4v) is 3.84. The van der Waals surface area contributed by atoms with Crippen molar-refractivity contribution in [1.29, 1.82) is 0 Å². The van der Waals surface area contributed by atoms with Crippen molar-refractivity contribution in [3.63, 3.8) is 0 Å². The van der Waals surface area contributed by atoms with Gasteiger partial charge in [-0.15, -0.1) is 0 Å². The molecule has 1 aliphatic heterocycles. The number of amides is 1. The van der Waals surface area contributed by atoms with Gasteiger partial charge in [0, 0.05) is 12.7 Å². The monoisotopic (exact) mass is 412 g/mol. The SMILES string of the molecule is CCc1ccc(N(C)c2cc(/C=C3\SC(=S)NC3=O)ccc2OCC=O)cc1. The second-order valence-corrected chi connectivity index (χ2v) is 7.85. The summed E-state index contributed by atoms with van der Waals surface area (Å²) in [6.45, 7) is 2.09. The number of thiocarbonyl (C=S) groups is 1. The molecule has 0 bridgehead atoms. The van der Waals surface area contributed by atoms with E-state index in [0.29, 0.717) is 15.0 Å². The summed E-state index contributed by atoms with van der Waals surface area (Å²) in [6.07, 6.45) is 3.48. The van der Waals surface area contributed by atoms with E-state index in [9.17, 15) is 9.59 Å². The molecule has 0 radical (unpaired) electrons. The minimum Gasteiger partial charge on any atom is -0.484 e. The Bertz CT molecular complexity index is 939. The molecule has 0 aliphatic carbocycles. The van der Waals surface area contributed by atoms with Crippen LogP contribution in [0.15, 0.2) is 47.4 Å². The Morgan fingerprint density at radius 3 is 2.57 bits per heavy atom. The van der Waals surface area contributed by atoms with Gasteiger partial charge in [-0.25, -0.2) is 0 Å². The molecule has 1 amide bonds. The van der Waals surface area contributed by atoms with Gasteiger partial charge in [-0.2, -0.15) is 0 Å². The summed E-state index contributed by atoms with van der Waals surface area (Å²) in [5.41, 5.74) is 3.89. The average Bonchev–Trinajstić information content (AvgIpc) is 3.03. The Labute approximate surface area is 173 Å². The fraction of sp³-hybridized carbons (Fsp3) is 0.190. The molecule has 0 unspecified atom stereocenters. The van der Waals surface area contributed by atoms with Crippen LogP contribution in [0.2, 0.25) is 0 Å². The Morgan fingerprint density at radius 1 is 1.21 bits per heavy atom. The molecule has 1 fully saturated rings. The molecule has 2 aromatic rings. The number of hydrogen-bond donors (Lipinski definition) is 1. The van der Waals surface area contributed by atoms with E-state index in [-0.39, 0.29) is 12.5 Å². The third-order valence-corrected chi connectivity index (χ3v) is 5.49. The minimum atomic E-state index is -0.193. The van der Waals surface area contributed by atoms with E-state index >= 15 is 0 Å². The molecular formula is C21H20N2O3S2. The van der Waals surface area contributed by atoms with Gasteiger partial charge in [0.05, 0.1) is 10.6 Å². The first-order valence-electron chi connectivity index (χ1n) is 8.80. The van der Waals surface area contributed by atoms with E-state index < -0.39 is 0 Å². The molecule has 28 heavy (non-hydrogen) atoms. The van der Waals surface area contributed by atoms with Crippen LogP contribution >= 0.6 is 24.0 Å². The van der Waals surface area contributed by atoms with Crippen LogP contribution in [0.4, 0.5) is 11.4 Å². The van der Waals surface area contributed by atoms with Crippen molar-refractivity contribution >= 4 is 57.9 Å². The first-order chi connectivity index (χ1) is 13.5. The molecule has 144 valence electrons. The van der Waals surface area contributed by atoms with Gasteiger partial charge in [0.15, 0.2) is 6.29 Å². The molecule has 0 atom stereocenters. The number of carbonyl (C=O) groups is 2. The lowest BCUT2D eigenvalue weighted by atomic mass is 10.1. The third kappa shape index (κ3) is 4.61. The summed E-state index contributed by atoms with van der Waals surface area (Å²) in [7, 11) is 1.94. The molecule has 5 nitrogen and oxygen atoms in total. The maximum atomic E-state index is 11.9. The number of aldehydes is 1. The second kappa shape index (κ2) is 9.03. The number of hydrogen-bond acceptors (Lipinski definition) is 6. The number of nitrogens with zero attached hydrogens (tertiary/aromatic N) is 1. The van der Waals surface area contributed by atoms with Gasteiger partial charge in [-0.3, -0.25) is 9.59 Å². The molecule has 0 spiro atoms. The largest absolute Gasteiger partial charge is 0.484 e. The smallest absolute Gasteiger partial charge is 0.263 e. The van der Waals surface area contributed by atoms with Gasteiger partial charge in [0.25, 0.3) is 5.91 Å². The number of aryl methyl sites for hydroxylation is 1. The van der Waals surface area contributed by atoms with Crippen LogP contribution in [0, 0.1) is 0 Å². The number of carbonyl (C=O) groups excluding carboxylic acids is 2. The van der Waals surface area contributed by atoms with Crippen molar-refractivity contribution in [1.82, 2.24) is 5.32 Å². The summed E-state index contributed by atoms with van der Waals surface area (Å²) in [6, 6.07) is 13.8. The zero-order chi connectivity index (χ0) is 20.1. The molecule has 7 heteroatoms. The van der Waals surface area contributed by atoms with E-state index in [4.69, 9.17) is 17.0 Å². The molecular weight excluding hydrogens is 392 g/mol. The van der Waals surface area contributed by atoms with Crippen molar-refractivity contribution in [2.45, 2.75) is 13.3 Å². The first-order valence-corrected chi connectivity index (χ1v) is 10.0. The van der Waals surface area contributed by atoms with Crippen LogP contribution in [0.25, 0.3) is 6.08 Å². The molecule has 0 aromatic heterocycles. The standard InChI is InChI=1S/C21H20N2O3S2/c1-3-14-4-7-16(8-5-14)23(2)17-12-15(6-9-18(17)26-11-10-24)13-19-20(25)22-21(27)28-19/h4-10,12-13H,3,11H2,1-2H3,(H,22,25,27)/b19-13-. The minimum absolute atomic E-state index is 0.0252. The van der Waals surface area contributed by atoms with Gasteiger partial charge in [0.2, 0.25) is 0 Å². The van der Waals surface area contributed by atoms with Crippen LogP contribution < -0.4 is 15.0 Å². The van der Waals surface area contributed by atoms with Crippen LogP contribution in [0.5, 0.6) is 5.75 Å². The second-order valence-electron chi connectivity index (χ2n) is 6.14. The highest BCUT2D eigenvalue weighted by Gasteiger charge is 2.22. The lowest BCUT2D eigenvalue weighted by molar-refractivity contribution is -0.115. The maximum absolute atomic E-state index is 11.9. The quantitative estimate of drug-likeness (QED) is 0.420. The molecule has 3 rings (SSSR count). The fourth-order valence-electron chi connectivity index (χ4n) is 2.80. The number of nitrogens with one attached hydrogen (secondary N) is 1. The highest BCUT2D eigenvalue weighted by molar-refractivity contribution is 8.26. The zero-order valence-corrected chi connectivity index (χ0v) is 17.2. The number of anilines is 2. The summed E-state index contributed by atoms with van der Waals surface area (Å²) in [5, 5.41) is 2.61. The Kier molecular flexibility index (Phi) is 6.49. The average molecular weight is 413 g/mol. The Hall–Kier alpha value is -2.64. The summed E-state index contributed by atoms with van der Waals surface area (Å²) < 4.78 is 6.06. The van der Waals surface area contributed by atoms with Crippen molar-refractivity contribution in [2.24, 2.45) is 0 Å². The molecule has 1 N–H and O–H groups in total. The predicted molar refractivity (Wildman–Crippen MR) is 118 cm³/mol. The van der Waals surface area contributed by atoms with Crippen molar-refractivity contribution < 1.29 is 14.3 Å². The van der Waals surface area contributed by atoms with E-state index in [2.05, 4.69) is 24.4 Å². The van der Waals surface area contributed by atoms with E-state index in [1.807, 2.05) is 36.2 Å². The van der Waals surface area contributed by atoms with Crippen molar-refractivity contribution in [3.05, 3.63) is 58.5 Å². The van der Waals surface area contributed by atoms with Gasteiger partial charge >= 0.3 is 0 Å². The van der Waals surface area contributed by atoms with E-state index in [0.717, 1.165) is 29.6 Å². The highest BCUT2D eigenvalue weighted by atomic mass is 32.2. The normalized spacial score (nSPS) is 14.9. The number of ether oxygens (including phenoxy) is 1. The van der Waals surface area contributed by atoms with Crippen molar-refractivity contribution in [2.75, 3.05) is 18.6 Å². The van der Waals surface area contributed by atoms with Gasteiger partial charge in [-0.05, 0) is 47.9 Å². The van der Waals surface area contributed by atoms with E-state index in [1.165, 1.54) is 17.3 Å². The number of thioether (sulfide) groups is 1.